The van der Waals surface area contributed by atoms with E-state index in [1.807, 2.05) is 0 Å². The first-order valence-corrected chi connectivity index (χ1v) is 8.29. The molecule has 5 nitrogen and oxygen atoms in total. The Morgan fingerprint density at radius 1 is 1.48 bits per heavy atom. The molecule has 0 aliphatic carbocycles. The molecule has 1 N–H and O–H groups in total. The fourth-order valence-corrected chi connectivity index (χ4v) is 4.44. The Morgan fingerprint density at radius 3 is 2.81 bits per heavy atom. The number of hydrogen-bond donors (Lipinski definition) is 1. The average Bonchev–Trinajstić information content (AvgIpc) is 2.85. The monoisotopic (exact) mass is 335 g/mol. The number of carboxylic acid groups (broad SMARTS) is 1. The molecule has 0 bridgehead atoms. The van der Waals surface area contributed by atoms with Crippen LogP contribution in [0, 0.1) is 11.7 Å². The Balaban J connectivity index is 2.12. The molecule has 1 aliphatic rings. The van der Waals surface area contributed by atoms with Gasteiger partial charge in [0.25, 0.3) is 0 Å². The number of carbonyl (C=O) groups is 1. The molecule has 0 aromatic heterocycles. The first kappa shape index (κ1) is 16.2. The van der Waals surface area contributed by atoms with Crippen LogP contribution in [0.3, 0.4) is 0 Å². The summed E-state index contributed by atoms with van der Waals surface area (Å²) in [6.45, 7) is 0.587. The summed E-state index contributed by atoms with van der Waals surface area (Å²) in [5.41, 5.74) is 0. The van der Waals surface area contributed by atoms with Crippen LogP contribution in [0.15, 0.2) is 23.1 Å². The quantitative estimate of drug-likeness (QED) is 0.896. The molecule has 1 heterocycles. The predicted octanol–water partition coefficient (Wildman–Crippen LogP) is 2.35. The molecule has 0 amide bonds. The molecule has 116 valence electrons. The van der Waals surface area contributed by atoms with Crippen molar-refractivity contribution in [3.8, 4) is 0 Å². The van der Waals surface area contributed by atoms with E-state index < -0.39 is 21.8 Å². The number of sulfonamides is 1. The van der Waals surface area contributed by atoms with Gasteiger partial charge in [-0.3, -0.25) is 4.79 Å². The van der Waals surface area contributed by atoms with Crippen molar-refractivity contribution in [2.24, 2.45) is 5.92 Å². The van der Waals surface area contributed by atoms with Gasteiger partial charge in [0.15, 0.2) is 0 Å². The van der Waals surface area contributed by atoms with Gasteiger partial charge in [-0.2, -0.15) is 4.31 Å². The van der Waals surface area contributed by atoms with Crippen molar-refractivity contribution >= 4 is 27.6 Å². The molecular formula is C13H15ClFNO4S. The summed E-state index contributed by atoms with van der Waals surface area (Å²) in [6, 6.07) is 3.17. The maximum absolute atomic E-state index is 13.0. The Labute approximate surface area is 127 Å². The van der Waals surface area contributed by atoms with Crippen molar-refractivity contribution in [2.75, 3.05) is 13.1 Å². The second-order valence-electron chi connectivity index (χ2n) is 5.02. The summed E-state index contributed by atoms with van der Waals surface area (Å²) in [4.78, 5) is 10.4. The minimum atomic E-state index is -3.77. The molecule has 1 saturated heterocycles. The van der Waals surface area contributed by atoms with Gasteiger partial charge in [0.05, 0.1) is 5.02 Å². The molecule has 1 unspecified atom stereocenters. The van der Waals surface area contributed by atoms with Crippen LogP contribution in [0.25, 0.3) is 0 Å². The van der Waals surface area contributed by atoms with Crippen molar-refractivity contribution < 1.29 is 22.7 Å². The summed E-state index contributed by atoms with van der Waals surface area (Å²) in [5.74, 6) is -1.47. The van der Waals surface area contributed by atoms with E-state index in [-0.39, 0.29) is 28.8 Å². The van der Waals surface area contributed by atoms with E-state index >= 15 is 0 Å². The fourth-order valence-electron chi connectivity index (χ4n) is 2.40. The number of nitrogens with zero attached hydrogens (tertiary/aromatic N) is 1. The van der Waals surface area contributed by atoms with Gasteiger partial charge in [0.2, 0.25) is 10.0 Å². The molecular weight excluding hydrogens is 321 g/mol. The van der Waals surface area contributed by atoms with Crippen LogP contribution in [0.5, 0.6) is 0 Å². The third-order valence-electron chi connectivity index (χ3n) is 3.53. The van der Waals surface area contributed by atoms with Gasteiger partial charge >= 0.3 is 5.97 Å². The predicted molar refractivity (Wildman–Crippen MR) is 75.1 cm³/mol. The number of carboxylic acids is 1. The van der Waals surface area contributed by atoms with Gasteiger partial charge in [-0.1, -0.05) is 11.6 Å². The first-order valence-electron chi connectivity index (χ1n) is 6.47. The van der Waals surface area contributed by atoms with Gasteiger partial charge in [0, 0.05) is 19.5 Å². The second-order valence-corrected chi connectivity index (χ2v) is 7.34. The molecule has 1 atom stereocenters. The zero-order valence-corrected chi connectivity index (χ0v) is 12.7. The van der Waals surface area contributed by atoms with Crippen LogP contribution in [-0.2, 0) is 14.8 Å². The third-order valence-corrected chi connectivity index (χ3v) is 5.87. The van der Waals surface area contributed by atoms with Crippen LogP contribution in [0.4, 0.5) is 4.39 Å². The number of benzene rings is 1. The lowest BCUT2D eigenvalue weighted by molar-refractivity contribution is -0.137. The Bertz CT molecular complexity index is 650. The lowest BCUT2D eigenvalue weighted by Crippen LogP contribution is -2.29. The molecule has 1 fully saturated rings. The highest BCUT2D eigenvalue weighted by Crippen LogP contribution is 2.30. The smallest absolute Gasteiger partial charge is 0.303 e. The van der Waals surface area contributed by atoms with E-state index in [9.17, 15) is 17.6 Å². The number of rotatable bonds is 5. The summed E-state index contributed by atoms with van der Waals surface area (Å²) >= 11 is 5.81. The van der Waals surface area contributed by atoms with Crippen LogP contribution in [0.1, 0.15) is 19.3 Å². The lowest BCUT2D eigenvalue weighted by atomic mass is 10.0. The Hall–Kier alpha value is -1.18. The Kier molecular flexibility index (Phi) is 4.85. The summed E-state index contributed by atoms with van der Waals surface area (Å²) in [5, 5.41) is 8.51. The van der Waals surface area contributed by atoms with Crippen LogP contribution in [0.2, 0.25) is 5.02 Å². The normalized spacial score (nSPS) is 19.8. The number of aliphatic carboxylic acids is 1. The highest BCUT2D eigenvalue weighted by atomic mass is 35.5. The van der Waals surface area contributed by atoms with Crippen molar-refractivity contribution in [3.63, 3.8) is 0 Å². The van der Waals surface area contributed by atoms with Crippen molar-refractivity contribution in [2.45, 2.75) is 24.2 Å². The molecule has 1 aromatic rings. The highest BCUT2D eigenvalue weighted by molar-refractivity contribution is 7.89. The molecule has 2 rings (SSSR count). The molecule has 0 saturated carbocycles. The minimum absolute atomic E-state index is 0.0232. The third kappa shape index (κ3) is 3.72. The standard InChI is InChI=1S/C13H15ClFNO4S/c14-11-7-10(15)2-3-12(11)21(19,20)16-6-5-9(8-16)1-4-13(17)18/h2-3,7,9H,1,4-6,8H2,(H,17,18). The zero-order chi connectivity index (χ0) is 15.6. The van der Waals surface area contributed by atoms with Gasteiger partial charge in [-0.15, -0.1) is 0 Å². The van der Waals surface area contributed by atoms with Crippen LogP contribution < -0.4 is 0 Å². The number of hydrogen-bond acceptors (Lipinski definition) is 3. The fraction of sp³-hybridized carbons (Fsp3) is 0.462. The van der Waals surface area contributed by atoms with Crippen molar-refractivity contribution in [1.82, 2.24) is 4.31 Å². The van der Waals surface area contributed by atoms with Gasteiger partial charge < -0.3 is 5.11 Å². The highest BCUT2D eigenvalue weighted by Gasteiger charge is 2.33. The van der Waals surface area contributed by atoms with E-state index in [1.54, 1.807) is 0 Å². The van der Waals surface area contributed by atoms with E-state index in [4.69, 9.17) is 16.7 Å². The van der Waals surface area contributed by atoms with Crippen molar-refractivity contribution in [1.29, 1.82) is 0 Å². The Morgan fingerprint density at radius 2 is 2.19 bits per heavy atom. The molecule has 0 radical (unpaired) electrons. The van der Waals surface area contributed by atoms with E-state index in [0.29, 0.717) is 19.4 Å². The largest absolute Gasteiger partial charge is 0.481 e. The van der Waals surface area contributed by atoms with E-state index in [2.05, 4.69) is 0 Å². The molecule has 1 aromatic carbocycles. The zero-order valence-electron chi connectivity index (χ0n) is 11.1. The maximum atomic E-state index is 13.0. The summed E-state index contributed by atoms with van der Waals surface area (Å²) in [6.07, 6.45) is 1.08. The van der Waals surface area contributed by atoms with Crippen molar-refractivity contribution in [3.05, 3.63) is 29.0 Å². The van der Waals surface area contributed by atoms with Gasteiger partial charge in [-0.25, -0.2) is 12.8 Å². The van der Waals surface area contributed by atoms with Crippen LogP contribution >= 0.6 is 11.6 Å². The van der Waals surface area contributed by atoms with Crippen LogP contribution in [-0.4, -0.2) is 36.9 Å². The molecule has 21 heavy (non-hydrogen) atoms. The molecule has 0 spiro atoms. The second kappa shape index (κ2) is 6.29. The maximum Gasteiger partial charge on any atom is 0.303 e. The topological polar surface area (TPSA) is 74.7 Å². The van der Waals surface area contributed by atoms with E-state index in [1.165, 1.54) is 4.31 Å². The van der Waals surface area contributed by atoms with E-state index in [0.717, 1.165) is 18.2 Å². The SMILES string of the molecule is O=C(O)CCC1CCN(S(=O)(=O)c2ccc(F)cc2Cl)C1. The summed E-state index contributed by atoms with van der Waals surface area (Å²) in [7, 11) is -3.77. The molecule has 8 heteroatoms. The summed E-state index contributed by atoms with van der Waals surface area (Å²) < 4.78 is 39.2. The first-order chi connectivity index (χ1) is 9.80. The molecule has 1 aliphatic heterocycles. The van der Waals surface area contributed by atoms with Gasteiger partial charge in [-0.05, 0) is 37.0 Å². The van der Waals surface area contributed by atoms with Gasteiger partial charge in [0.1, 0.15) is 10.7 Å². The minimum Gasteiger partial charge on any atom is -0.481 e. The number of halogens is 2. The average molecular weight is 336 g/mol. The lowest BCUT2D eigenvalue weighted by Gasteiger charge is -2.17.